The second-order valence-electron chi connectivity index (χ2n) is 6.19. The number of benzene rings is 1. The number of hydrogen-bond acceptors (Lipinski definition) is 4. The van der Waals surface area contributed by atoms with Gasteiger partial charge in [-0.1, -0.05) is 0 Å². The highest BCUT2D eigenvalue weighted by atomic mass is 32.1. The van der Waals surface area contributed by atoms with Crippen LogP contribution < -0.4 is 0 Å². The zero-order chi connectivity index (χ0) is 16.1. The SMILES string of the molecule is Cc1cc2nc(C3CC3)n(Cc3nc(C(=O)O)cs3)c2cc1C. The van der Waals surface area contributed by atoms with Crippen molar-refractivity contribution >= 4 is 28.3 Å². The maximum Gasteiger partial charge on any atom is 0.355 e. The number of thiazole rings is 1. The molecule has 23 heavy (non-hydrogen) atoms. The molecule has 1 saturated carbocycles. The quantitative estimate of drug-likeness (QED) is 0.793. The summed E-state index contributed by atoms with van der Waals surface area (Å²) >= 11 is 1.39. The first-order chi connectivity index (χ1) is 11.0. The molecule has 0 atom stereocenters. The fraction of sp³-hybridized carbons (Fsp3) is 0.353. The molecule has 1 aliphatic rings. The number of carbonyl (C=O) groups is 1. The third kappa shape index (κ3) is 2.53. The van der Waals surface area contributed by atoms with E-state index >= 15 is 0 Å². The van der Waals surface area contributed by atoms with Gasteiger partial charge < -0.3 is 9.67 Å². The molecule has 0 amide bonds. The summed E-state index contributed by atoms with van der Waals surface area (Å²) < 4.78 is 2.21. The van der Waals surface area contributed by atoms with Crippen molar-refractivity contribution in [3.05, 3.63) is 45.2 Å². The van der Waals surface area contributed by atoms with E-state index < -0.39 is 5.97 Å². The molecule has 118 valence electrons. The Bertz CT molecular complexity index is 921. The lowest BCUT2D eigenvalue weighted by atomic mass is 10.1. The average molecular weight is 327 g/mol. The lowest BCUT2D eigenvalue weighted by molar-refractivity contribution is 0.0691. The number of rotatable bonds is 4. The Balaban J connectivity index is 1.81. The molecule has 0 unspecified atom stereocenters. The summed E-state index contributed by atoms with van der Waals surface area (Å²) in [5.41, 5.74) is 4.74. The summed E-state index contributed by atoms with van der Waals surface area (Å²) in [6.45, 7) is 4.79. The first-order valence-corrected chi connectivity index (χ1v) is 8.56. The van der Waals surface area contributed by atoms with Crippen molar-refractivity contribution in [1.82, 2.24) is 14.5 Å². The van der Waals surface area contributed by atoms with E-state index in [9.17, 15) is 4.79 Å². The Hall–Kier alpha value is -2.21. The second kappa shape index (κ2) is 5.16. The van der Waals surface area contributed by atoms with E-state index in [1.165, 1.54) is 35.3 Å². The van der Waals surface area contributed by atoms with Crippen molar-refractivity contribution in [3.63, 3.8) is 0 Å². The smallest absolute Gasteiger partial charge is 0.355 e. The van der Waals surface area contributed by atoms with Gasteiger partial charge in [0.15, 0.2) is 5.69 Å². The number of aryl methyl sites for hydroxylation is 2. The molecule has 0 radical (unpaired) electrons. The van der Waals surface area contributed by atoms with Crippen molar-refractivity contribution in [3.8, 4) is 0 Å². The molecule has 1 fully saturated rings. The Kier molecular flexibility index (Phi) is 3.23. The molecule has 0 spiro atoms. The van der Waals surface area contributed by atoms with Gasteiger partial charge in [0, 0.05) is 11.3 Å². The molecule has 5 nitrogen and oxygen atoms in total. The molecule has 1 aliphatic carbocycles. The summed E-state index contributed by atoms with van der Waals surface area (Å²) in [6, 6.07) is 4.31. The van der Waals surface area contributed by atoms with Gasteiger partial charge in [0.1, 0.15) is 10.8 Å². The summed E-state index contributed by atoms with van der Waals surface area (Å²) in [7, 11) is 0. The summed E-state index contributed by atoms with van der Waals surface area (Å²) in [6.07, 6.45) is 2.36. The van der Waals surface area contributed by atoms with Crippen LogP contribution in [0.3, 0.4) is 0 Å². The minimum absolute atomic E-state index is 0.120. The molecule has 0 saturated heterocycles. The molecule has 2 aromatic heterocycles. The number of hydrogen-bond donors (Lipinski definition) is 1. The number of imidazole rings is 1. The molecule has 4 rings (SSSR count). The number of aromatic carboxylic acids is 1. The van der Waals surface area contributed by atoms with Crippen LogP contribution in [-0.4, -0.2) is 25.6 Å². The van der Waals surface area contributed by atoms with Crippen molar-refractivity contribution < 1.29 is 9.90 Å². The Labute approximate surface area is 137 Å². The molecule has 3 aromatic rings. The zero-order valence-electron chi connectivity index (χ0n) is 13.0. The standard InChI is InChI=1S/C17H17N3O2S/c1-9-5-12-14(6-10(9)2)20(16(19-12)11-3-4-11)7-15-18-13(8-23-15)17(21)22/h5-6,8,11H,3-4,7H2,1-2H3,(H,21,22). The fourth-order valence-corrected chi connectivity index (χ4v) is 3.59. The highest BCUT2D eigenvalue weighted by Crippen LogP contribution is 2.41. The van der Waals surface area contributed by atoms with Crippen LogP contribution in [0.15, 0.2) is 17.5 Å². The minimum Gasteiger partial charge on any atom is -0.476 e. The van der Waals surface area contributed by atoms with E-state index in [2.05, 4.69) is 35.5 Å². The minimum atomic E-state index is -0.975. The monoisotopic (exact) mass is 327 g/mol. The fourth-order valence-electron chi connectivity index (χ4n) is 2.84. The molecule has 1 N–H and O–H groups in total. The van der Waals surface area contributed by atoms with Gasteiger partial charge in [0.05, 0.1) is 17.6 Å². The van der Waals surface area contributed by atoms with Crippen LogP contribution in [0.2, 0.25) is 0 Å². The van der Waals surface area contributed by atoms with Gasteiger partial charge in [-0.25, -0.2) is 14.8 Å². The summed E-state index contributed by atoms with van der Waals surface area (Å²) in [5.74, 6) is 0.663. The number of aromatic nitrogens is 3. The third-order valence-electron chi connectivity index (χ3n) is 4.40. The third-order valence-corrected chi connectivity index (χ3v) is 5.23. The van der Waals surface area contributed by atoms with Crippen molar-refractivity contribution in [2.24, 2.45) is 0 Å². The van der Waals surface area contributed by atoms with Crippen LogP contribution in [0.4, 0.5) is 0 Å². The predicted molar refractivity (Wildman–Crippen MR) is 89.4 cm³/mol. The number of carboxylic acid groups (broad SMARTS) is 1. The van der Waals surface area contributed by atoms with Crippen LogP contribution in [0.1, 0.15) is 51.2 Å². The van der Waals surface area contributed by atoms with E-state index in [0.29, 0.717) is 12.5 Å². The molecule has 6 heteroatoms. The maximum absolute atomic E-state index is 11.0. The number of fused-ring (bicyclic) bond motifs is 1. The predicted octanol–water partition coefficient (Wildman–Crippen LogP) is 3.73. The molecule has 0 bridgehead atoms. The average Bonchev–Trinajstić information content (AvgIpc) is 3.15. The normalized spacial score (nSPS) is 14.5. The van der Waals surface area contributed by atoms with Crippen LogP contribution in [0.5, 0.6) is 0 Å². The van der Waals surface area contributed by atoms with Crippen LogP contribution in [0.25, 0.3) is 11.0 Å². The topological polar surface area (TPSA) is 68.0 Å². The Morgan fingerprint density at radius 3 is 2.70 bits per heavy atom. The highest BCUT2D eigenvalue weighted by Gasteiger charge is 2.30. The van der Waals surface area contributed by atoms with Crippen LogP contribution in [0, 0.1) is 13.8 Å². The Morgan fingerprint density at radius 1 is 1.30 bits per heavy atom. The summed E-state index contributed by atoms with van der Waals surface area (Å²) in [5, 5.41) is 11.4. The zero-order valence-corrected chi connectivity index (χ0v) is 13.9. The molecular formula is C17H17N3O2S. The van der Waals surface area contributed by atoms with E-state index in [-0.39, 0.29) is 5.69 Å². The van der Waals surface area contributed by atoms with Crippen molar-refractivity contribution in [2.45, 2.75) is 39.2 Å². The van der Waals surface area contributed by atoms with E-state index in [4.69, 9.17) is 10.1 Å². The van der Waals surface area contributed by atoms with Gasteiger partial charge in [-0.2, -0.15) is 0 Å². The highest BCUT2D eigenvalue weighted by molar-refractivity contribution is 7.09. The summed E-state index contributed by atoms with van der Waals surface area (Å²) in [4.78, 5) is 20.1. The van der Waals surface area contributed by atoms with Gasteiger partial charge in [0.25, 0.3) is 0 Å². The number of carboxylic acids is 1. The van der Waals surface area contributed by atoms with E-state index in [1.807, 2.05) is 0 Å². The van der Waals surface area contributed by atoms with Crippen molar-refractivity contribution in [1.29, 1.82) is 0 Å². The lowest BCUT2D eigenvalue weighted by Gasteiger charge is -2.07. The molecule has 1 aromatic carbocycles. The van der Waals surface area contributed by atoms with Gasteiger partial charge in [0.2, 0.25) is 0 Å². The lowest BCUT2D eigenvalue weighted by Crippen LogP contribution is -2.05. The molecular weight excluding hydrogens is 310 g/mol. The van der Waals surface area contributed by atoms with E-state index in [1.54, 1.807) is 5.38 Å². The second-order valence-corrected chi connectivity index (χ2v) is 7.13. The van der Waals surface area contributed by atoms with Gasteiger partial charge in [-0.15, -0.1) is 11.3 Å². The van der Waals surface area contributed by atoms with Crippen molar-refractivity contribution in [2.75, 3.05) is 0 Å². The van der Waals surface area contributed by atoms with Crippen LogP contribution >= 0.6 is 11.3 Å². The van der Waals surface area contributed by atoms with Crippen LogP contribution in [-0.2, 0) is 6.54 Å². The van der Waals surface area contributed by atoms with Gasteiger partial charge in [-0.3, -0.25) is 0 Å². The van der Waals surface area contributed by atoms with Gasteiger partial charge in [-0.05, 0) is 49.9 Å². The largest absolute Gasteiger partial charge is 0.476 e. The number of nitrogens with zero attached hydrogens (tertiary/aromatic N) is 3. The van der Waals surface area contributed by atoms with Gasteiger partial charge >= 0.3 is 5.97 Å². The first kappa shape index (κ1) is 14.4. The Morgan fingerprint density at radius 2 is 2.04 bits per heavy atom. The van der Waals surface area contributed by atoms with E-state index in [0.717, 1.165) is 21.9 Å². The molecule has 0 aliphatic heterocycles. The maximum atomic E-state index is 11.0. The first-order valence-electron chi connectivity index (χ1n) is 7.68. The molecule has 2 heterocycles.